The molecule has 0 spiro atoms. The van der Waals surface area contributed by atoms with Crippen molar-refractivity contribution in [2.45, 2.75) is 32.8 Å². The van der Waals surface area contributed by atoms with Gasteiger partial charge in [-0.15, -0.1) is 0 Å². The lowest BCUT2D eigenvalue weighted by atomic mass is 9.95. The summed E-state index contributed by atoms with van der Waals surface area (Å²) in [7, 11) is 1.51. The number of pyridine rings is 1. The highest BCUT2D eigenvalue weighted by Gasteiger charge is 2.18. The van der Waals surface area contributed by atoms with Gasteiger partial charge in [0.1, 0.15) is 18.0 Å². The quantitative estimate of drug-likeness (QED) is 0.365. The van der Waals surface area contributed by atoms with Crippen molar-refractivity contribution in [1.82, 2.24) is 30.2 Å². The van der Waals surface area contributed by atoms with E-state index in [1.807, 2.05) is 20.8 Å². The van der Waals surface area contributed by atoms with Crippen LogP contribution in [0.5, 0.6) is 6.01 Å². The smallest absolute Gasteiger partial charge is 0.316 e. The minimum atomic E-state index is -0.483. The number of nitrogens with zero attached hydrogens (tertiary/aromatic N) is 5. The molecular weight excluding hydrogens is 481 g/mol. The molecule has 3 aromatic heterocycles. The monoisotopic (exact) mass is 509 g/mol. The molecule has 4 rings (SSSR count). The molecule has 0 fully saturated rings. The molecule has 0 unspecified atom stereocenters. The Labute approximate surface area is 215 Å². The second-order valence-electron chi connectivity index (χ2n) is 8.29. The number of aromatic nitrogens is 5. The van der Waals surface area contributed by atoms with Gasteiger partial charge >= 0.3 is 6.01 Å². The molecular formula is C25H28FN7O2S. The average molecular weight is 510 g/mol. The number of anilines is 1. The van der Waals surface area contributed by atoms with E-state index in [9.17, 15) is 9.18 Å². The molecule has 0 aliphatic rings. The molecule has 1 amide bonds. The highest BCUT2D eigenvalue weighted by molar-refractivity contribution is 7.59. The van der Waals surface area contributed by atoms with Gasteiger partial charge in [-0.1, -0.05) is 13.0 Å². The van der Waals surface area contributed by atoms with Crippen LogP contribution in [-0.4, -0.2) is 50.5 Å². The van der Waals surface area contributed by atoms with E-state index in [0.29, 0.717) is 29.6 Å². The molecule has 11 heteroatoms. The fourth-order valence-electron chi connectivity index (χ4n) is 3.67. The highest BCUT2D eigenvalue weighted by Crippen LogP contribution is 2.29. The molecule has 1 atom stereocenters. The van der Waals surface area contributed by atoms with Crippen LogP contribution in [0.1, 0.15) is 42.6 Å². The van der Waals surface area contributed by atoms with E-state index < -0.39 is 5.82 Å². The largest absolute Gasteiger partial charge is 0.461 e. The fourth-order valence-corrected chi connectivity index (χ4v) is 3.67. The summed E-state index contributed by atoms with van der Waals surface area (Å²) in [6, 6.07) is 6.71. The van der Waals surface area contributed by atoms with E-state index in [0.717, 1.165) is 11.1 Å². The van der Waals surface area contributed by atoms with E-state index >= 15 is 0 Å². The highest BCUT2D eigenvalue weighted by atomic mass is 32.1. The Morgan fingerprint density at radius 2 is 1.81 bits per heavy atom. The van der Waals surface area contributed by atoms with Gasteiger partial charge in [-0.25, -0.2) is 24.3 Å². The van der Waals surface area contributed by atoms with E-state index in [1.165, 1.54) is 31.7 Å². The molecule has 9 nitrogen and oxygen atoms in total. The van der Waals surface area contributed by atoms with Crippen LogP contribution in [0.25, 0.3) is 22.2 Å². The number of hydrogen-bond donors (Lipinski definition) is 2. The first-order valence-electron chi connectivity index (χ1n) is 11.2. The second kappa shape index (κ2) is 11.7. The van der Waals surface area contributed by atoms with Crippen molar-refractivity contribution < 1.29 is 13.9 Å². The van der Waals surface area contributed by atoms with Crippen molar-refractivity contribution >= 4 is 36.1 Å². The molecule has 0 saturated heterocycles. The number of rotatable bonds is 8. The molecule has 0 saturated carbocycles. The molecule has 0 aliphatic carbocycles. The van der Waals surface area contributed by atoms with Gasteiger partial charge in [0.2, 0.25) is 0 Å². The van der Waals surface area contributed by atoms with E-state index in [-0.39, 0.29) is 42.4 Å². The molecule has 0 bridgehead atoms. The first-order valence-corrected chi connectivity index (χ1v) is 11.2. The van der Waals surface area contributed by atoms with Gasteiger partial charge < -0.3 is 15.4 Å². The molecule has 0 aliphatic heterocycles. The second-order valence-corrected chi connectivity index (χ2v) is 8.29. The molecule has 3 heterocycles. The maximum Gasteiger partial charge on any atom is 0.316 e. The Morgan fingerprint density at radius 3 is 2.50 bits per heavy atom. The number of amides is 1. The lowest BCUT2D eigenvalue weighted by Crippen LogP contribution is -2.19. The summed E-state index contributed by atoms with van der Waals surface area (Å²) in [6.07, 6.45) is 6.28. The molecule has 0 radical (unpaired) electrons. The van der Waals surface area contributed by atoms with Crippen LogP contribution in [0.4, 0.5) is 10.2 Å². The van der Waals surface area contributed by atoms with Crippen LogP contribution >= 0.6 is 13.5 Å². The summed E-state index contributed by atoms with van der Waals surface area (Å²) in [5.74, 6) is -0.279. The minimum Gasteiger partial charge on any atom is -0.461 e. The number of fused-ring (bicyclic) bond motifs is 1. The molecule has 2 N–H and O–H groups in total. The Balaban J connectivity index is 0.00000361. The Hall–Kier alpha value is -3.86. The number of nitrogens with one attached hydrogen (secondary N) is 2. The summed E-state index contributed by atoms with van der Waals surface area (Å²) < 4.78 is 20.1. The zero-order valence-corrected chi connectivity index (χ0v) is 21.4. The van der Waals surface area contributed by atoms with Gasteiger partial charge in [0.25, 0.3) is 5.91 Å². The summed E-state index contributed by atoms with van der Waals surface area (Å²) in [4.78, 5) is 33.7. The van der Waals surface area contributed by atoms with Gasteiger partial charge in [-0.3, -0.25) is 9.78 Å². The van der Waals surface area contributed by atoms with Gasteiger partial charge in [0.05, 0.1) is 22.9 Å². The van der Waals surface area contributed by atoms with Crippen LogP contribution in [0, 0.1) is 5.82 Å². The average Bonchev–Trinajstić information content (AvgIpc) is 2.87. The van der Waals surface area contributed by atoms with Crippen LogP contribution in [-0.2, 0) is 0 Å². The normalized spacial score (nSPS) is 11.6. The zero-order chi connectivity index (χ0) is 24.9. The Morgan fingerprint density at radius 1 is 1.06 bits per heavy atom. The van der Waals surface area contributed by atoms with Gasteiger partial charge in [0.15, 0.2) is 0 Å². The minimum absolute atomic E-state index is 0. The summed E-state index contributed by atoms with van der Waals surface area (Å²) in [6.45, 7) is 6.32. The van der Waals surface area contributed by atoms with Crippen LogP contribution in [0.15, 0.2) is 49.2 Å². The van der Waals surface area contributed by atoms with Crippen molar-refractivity contribution in [2.75, 3.05) is 18.9 Å². The number of carbonyl (C=O) groups is 1. The summed E-state index contributed by atoms with van der Waals surface area (Å²) in [5, 5.41) is 6.06. The Bertz CT molecular complexity index is 1350. The first kappa shape index (κ1) is 26.7. The zero-order valence-electron chi connectivity index (χ0n) is 20.4. The molecule has 188 valence electrons. The third-order valence-corrected chi connectivity index (χ3v) is 5.40. The maximum absolute atomic E-state index is 14.7. The molecule has 36 heavy (non-hydrogen) atoms. The van der Waals surface area contributed by atoms with Crippen molar-refractivity contribution in [3.8, 4) is 17.3 Å². The SMILES string of the molecule is CNC(=O)c1ccnc2c([C@H](C)CNc3cc(-c4cnc(OC(C)C)nc4)ncn3)ccc(F)c12.S. The van der Waals surface area contributed by atoms with E-state index in [4.69, 9.17) is 4.74 Å². The van der Waals surface area contributed by atoms with Crippen molar-refractivity contribution in [2.24, 2.45) is 0 Å². The van der Waals surface area contributed by atoms with Crippen LogP contribution in [0.2, 0.25) is 0 Å². The third-order valence-electron chi connectivity index (χ3n) is 5.40. The van der Waals surface area contributed by atoms with Crippen molar-refractivity contribution in [3.63, 3.8) is 0 Å². The standard InChI is InChI=1S/C25H26FN7O2.H2S/c1-14(2)35-25-30-11-16(12-31-25)20-9-21(33-13-32-20)29-10-15(3)17-5-6-19(26)22-18(24(34)27-4)7-8-28-23(17)22;/h5-9,11-15H,10H2,1-4H3,(H,27,34)(H,29,32,33);1H2/t15-;/m1./s1. The fraction of sp³-hybridized carbons (Fsp3) is 0.280. The Kier molecular flexibility index (Phi) is 8.70. The summed E-state index contributed by atoms with van der Waals surface area (Å²) >= 11 is 0. The van der Waals surface area contributed by atoms with Crippen molar-refractivity contribution in [1.29, 1.82) is 0 Å². The lowest BCUT2D eigenvalue weighted by molar-refractivity contribution is 0.0964. The third kappa shape index (κ3) is 5.85. The topological polar surface area (TPSA) is 115 Å². The van der Waals surface area contributed by atoms with Gasteiger partial charge in [-0.2, -0.15) is 13.5 Å². The first-order chi connectivity index (χ1) is 16.9. The van der Waals surface area contributed by atoms with Gasteiger partial charge in [0, 0.05) is 55.1 Å². The lowest BCUT2D eigenvalue weighted by Gasteiger charge is -2.17. The number of benzene rings is 1. The van der Waals surface area contributed by atoms with Crippen LogP contribution < -0.4 is 15.4 Å². The van der Waals surface area contributed by atoms with Gasteiger partial charge in [-0.05, 0) is 31.5 Å². The number of ether oxygens (including phenoxy) is 1. The number of carbonyl (C=O) groups excluding carboxylic acids is 1. The molecule has 1 aromatic carbocycles. The number of hydrogen-bond acceptors (Lipinski definition) is 8. The predicted molar refractivity (Wildman–Crippen MR) is 141 cm³/mol. The maximum atomic E-state index is 14.7. The number of halogens is 1. The summed E-state index contributed by atoms with van der Waals surface area (Å²) in [5.41, 5.74) is 2.93. The van der Waals surface area contributed by atoms with E-state index in [2.05, 4.69) is 35.6 Å². The van der Waals surface area contributed by atoms with E-state index in [1.54, 1.807) is 24.5 Å². The molecule has 4 aromatic rings. The van der Waals surface area contributed by atoms with Crippen molar-refractivity contribution in [3.05, 3.63) is 66.1 Å². The van der Waals surface area contributed by atoms with Crippen LogP contribution in [0.3, 0.4) is 0 Å². The predicted octanol–water partition coefficient (Wildman–Crippen LogP) is 4.10.